The molecule has 9 aromatic rings. The summed E-state index contributed by atoms with van der Waals surface area (Å²) in [4.78, 5) is 128. The van der Waals surface area contributed by atoms with Crippen molar-refractivity contribution in [1.82, 2.24) is 6.15 Å². The standard InChI is InChI=1S/4C13H18O2.C13H16O2.C11H13ClO.C11H15NO.C11H14O2.C9H10O.C5H8O2.C2Cl2O2.H3N.Na.H2O/c5*1-4-15-13(14)9-11(3)12-7-5-10(2)6-8-12;3*1-8-3-5-10(6-4-8)9(2)7-11(12)13;1-7-3-5-9(6-4-7)8(2)10;1-3-5(6)7-4-2;3-1(5)2(4)6;;;/h4*5-8,11H,4,9H2,1-3H3;5-9H,4H2,1-3H3;3-6,9H,7H2,1-2H3;3-6,9H,7H2,1-2H3,(H2,12,13);3-6,9H,7H2,1-2H3,(H,12,13);3-6H,1-2H3;3H,1,4H2,2H3;;1H3;;1H2/q;;;;;;;;;;;;+1;/p-1/t3*11-;;;3*9-;;;;;;/m110..111....../s1. The van der Waals surface area contributed by atoms with E-state index in [0.29, 0.717) is 78.2 Å². The molecule has 0 saturated carbocycles. The minimum atomic E-state index is -1.14. The molecule has 0 aliphatic carbocycles. The first-order valence-corrected chi connectivity index (χ1v) is 47.2. The largest absolute Gasteiger partial charge is 1.00 e. The third-order valence-electron chi connectivity index (χ3n) is 20.3. The van der Waals surface area contributed by atoms with Crippen molar-refractivity contribution in [2.75, 3.05) is 39.6 Å². The summed E-state index contributed by atoms with van der Waals surface area (Å²) in [7, 11) is 0. The molecule has 0 fully saturated rings. The second-order valence-corrected chi connectivity index (χ2v) is 34.0. The van der Waals surface area contributed by atoms with E-state index in [9.17, 15) is 57.5 Å². The molecule has 0 saturated heterocycles. The van der Waals surface area contributed by atoms with Crippen LogP contribution in [0.5, 0.6) is 0 Å². The number of hydrogen-bond acceptors (Lipinski definition) is 20. The van der Waals surface area contributed by atoms with E-state index in [0.717, 1.165) is 28.3 Å². The van der Waals surface area contributed by atoms with Crippen LogP contribution in [-0.2, 0) is 81.2 Å². The Balaban J connectivity index is -0.000000480. The van der Waals surface area contributed by atoms with E-state index in [1.807, 2.05) is 239 Å². The number of carbonyl (C=O) groups excluding carboxylic acids is 11. The minimum Gasteiger partial charge on any atom is -0.870 e. The Labute approximate surface area is 870 Å². The zero-order chi connectivity index (χ0) is 104. The number of carbonyl (C=O) groups is 12. The molecule has 0 aliphatic heterocycles. The molecule has 760 valence electrons. The van der Waals surface area contributed by atoms with Gasteiger partial charge in [-0.3, -0.25) is 47.9 Å². The second-order valence-electron chi connectivity index (χ2n) is 32.9. The number of aliphatic carboxylic acids is 1. The van der Waals surface area contributed by atoms with Gasteiger partial charge in [-0.25, -0.2) is 9.59 Å². The number of amides is 1. The number of benzene rings is 9. The first-order valence-electron chi connectivity index (χ1n) is 46.0. The van der Waals surface area contributed by atoms with Crippen molar-refractivity contribution in [2.24, 2.45) is 5.73 Å². The van der Waals surface area contributed by atoms with Gasteiger partial charge in [0.1, 0.15) is 0 Å². The van der Waals surface area contributed by atoms with E-state index < -0.39 is 16.5 Å². The molecule has 1 amide bonds. The van der Waals surface area contributed by atoms with Gasteiger partial charge in [-0.1, -0.05) is 324 Å². The molecule has 9 rings (SSSR count). The van der Waals surface area contributed by atoms with Gasteiger partial charge in [0.2, 0.25) is 11.1 Å². The molecular weight excluding hydrogens is 1850 g/mol. The quantitative estimate of drug-likeness (QED) is 0.00670. The smallest absolute Gasteiger partial charge is 0.870 e. The van der Waals surface area contributed by atoms with E-state index in [1.54, 1.807) is 20.8 Å². The van der Waals surface area contributed by atoms with Crippen LogP contribution in [-0.4, -0.2) is 119 Å². The monoisotopic (exact) mass is 2000 g/mol. The number of aryl methyl sites for hydroxylation is 9. The van der Waals surface area contributed by atoms with Gasteiger partial charge in [0.15, 0.2) is 5.78 Å². The summed E-state index contributed by atoms with van der Waals surface area (Å²) >= 11 is 14.3. The predicted molar refractivity (Wildman–Crippen MR) is 562 cm³/mol. The van der Waals surface area contributed by atoms with Crippen molar-refractivity contribution in [1.29, 1.82) is 0 Å². The third-order valence-corrected chi connectivity index (χ3v) is 20.9. The Morgan fingerprint density at radius 3 is 0.664 bits per heavy atom. The van der Waals surface area contributed by atoms with Gasteiger partial charge in [-0.05, 0) is 244 Å². The molecule has 0 radical (unpaired) electrons. The zero-order valence-corrected chi connectivity index (χ0v) is 91.3. The van der Waals surface area contributed by atoms with E-state index in [2.05, 4.69) is 159 Å². The molecule has 1 unspecified atom stereocenters. The number of esters is 6. The number of carboxylic acid groups (broad SMARTS) is 1. The Kier molecular flexibility index (Phi) is 78.7. The van der Waals surface area contributed by atoms with Gasteiger partial charge in [-0.2, -0.15) is 0 Å². The van der Waals surface area contributed by atoms with Crippen molar-refractivity contribution in [3.8, 4) is 0 Å². The number of allylic oxidation sites excluding steroid dienone is 1. The average molecular weight is 2000 g/mol. The van der Waals surface area contributed by atoms with Gasteiger partial charge in [0, 0.05) is 30.6 Å². The molecule has 7 N–H and O–H groups in total. The fourth-order valence-electron chi connectivity index (χ4n) is 12.0. The fourth-order valence-corrected chi connectivity index (χ4v) is 12.3. The summed E-state index contributed by atoms with van der Waals surface area (Å²) in [6, 6.07) is 73.1. The third kappa shape index (κ3) is 68.7. The van der Waals surface area contributed by atoms with Crippen LogP contribution in [0.4, 0.5) is 0 Å². The normalized spacial score (nSPS) is 11.3. The molecule has 140 heavy (non-hydrogen) atoms. The van der Waals surface area contributed by atoms with Crippen LogP contribution in [0.2, 0.25) is 0 Å². The number of ketones is 1. The van der Waals surface area contributed by atoms with Crippen molar-refractivity contribution >= 4 is 110 Å². The van der Waals surface area contributed by atoms with Gasteiger partial charge in [0.05, 0.1) is 71.7 Å². The number of ether oxygens (including phenoxy) is 6. The maximum atomic E-state index is 11.3. The molecule has 0 aromatic heterocycles. The number of rotatable bonds is 32. The summed E-state index contributed by atoms with van der Waals surface area (Å²) in [5.41, 5.74) is 27.1. The van der Waals surface area contributed by atoms with Crippen molar-refractivity contribution in [3.63, 3.8) is 0 Å². The molecule has 7 atom stereocenters. The average Bonchev–Trinajstić information content (AvgIpc) is 0.879. The van der Waals surface area contributed by atoms with Gasteiger partial charge in [-0.15, -0.1) is 0 Å². The number of primary amides is 1. The molecule has 0 bridgehead atoms. The summed E-state index contributed by atoms with van der Waals surface area (Å²) < 4.78 is 29.0. The summed E-state index contributed by atoms with van der Waals surface area (Å²) in [5.74, 6) is -0.545. The summed E-state index contributed by atoms with van der Waals surface area (Å²) in [6.07, 6.45) is 5.51. The van der Waals surface area contributed by atoms with Crippen molar-refractivity contribution in [3.05, 3.63) is 337 Å². The zero-order valence-electron chi connectivity index (χ0n) is 87.0. The van der Waals surface area contributed by atoms with Gasteiger partial charge >= 0.3 is 81.8 Å². The van der Waals surface area contributed by atoms with Gasteiger partial charge in [0.25, 0.3) is 0 Å². The number of hydrogen-bond donors (Lipinski definition) is 3. The predicted octanol–water partition coefficient (Wildman–Crippen LogP) is 23.4. The van der Waals surface area contributed by atoms with Crippen molar-refractivity contribution in [2.45, 2.75) is 253 Å². The van der Waals surface area contributed by atoms with Crippen LogP contribution in [0.25, 0.3) is 5.57 Å². The molecule has 9 aromatic carbocycles. The van der Waals surface area contributed by atoms with Crippen LogP contribution in [0, 0.1) is 62.3 Å². The van der Waals surface area contributed by atoms with Gasteiger partial charge < -0.3 is 50.9 Å². The number of halogens is 3. The van der Waals surface area contributed by atoms with E-state index in [4.69, 9.17) is 46.1 Å². The molecular formula is C114H152Cl3N2NaO20. The van der Waals surface area contributed by atoms with Crippen LogP contribution in [0.15, 0.2) is 237 Å². The summed E-state index contributed by atoms with van der Waals surface area (Å²) in [6.45, 7) is 52.7. The number of carboxylic acids is 1. The van der Waals surface area contributed by atoms with Crippen molar-refractivity contribution < 1.29 is 126 Å². The van der Waals surface area contributed by atoms with E-state index in [1.165, 1.54) is 89.5 Å². The maximum absolute atomic E-state index is 11.3. The topological polar surface area (TPSA) is 371 Å². The maximum Gasteiger partial charge on any atom is 1.00 e. The first-order chi connectivity index (χ1) is 64.6. The molecule has 0 aliphatic rings. The number of Topliss-reactive ketones (excluding diaryl/α,β-unsaturated/α-hetero) is 1. The van der Waals surface area contributed by atoms with Crippen LogP contribution >= 0.6 is 34.8 Å². The van der Waals surface area contributed by atoms with E-state index in [-0.39, 0.29) is 142 Å². The molecule has 22 nitrogen and oxygen atoms in total. The number of nitrogens with two attached hydrogens (primary N) is 1. The Hall–Kier alpha value is -11.3. The van der Waals surface area contributed by atoms with Crippen LogP contribution < -0.4 is 41.4 Å². The minimum absolute atomic E-state index is 0. The van der Waals surface area contributed by atoms with E-state index >= 15 is 0 Å². The Morgan fingerprint density at radius 1 is 0.307 bits per heavy atom. The molecule has 0 spiro atoms. The summed E-state index contributed by atoms with van der Waals surface area (Å²) in [5, 5.41) is 6.05. The second kappa shape index (κ2) is 80.4. The first kappa shape index (κ1) is 137. The molecule has 0 heterocycles. The Morgan fingerprint density at radius 2 is 0.493 bits per heavy atom. The van der Waals surface area contributed by atoms with Crippen LogP contribution in [0.3, 0.4) is 0 Å². The SMILES string of the molecule is C=CC(=O)OCC.CC(=O)c1ccc(C)cc1.CCOC(=O)C=C(C)c1ccc(C)cc1.CCOC(=O)CC(C)c1ccc(C)cc1.CCOC(=O)C[C@@H](C)c1ccc(C)cc1.CCOC(=O)C[C@@H](C)c1ccc(C)cc1.CCOC(=O)C[C@H](C)c1ccc(C)cc1.Cc1ccc([C@H](C)CC(=O)Cl)cc1.Cc1ccc([C@H](C)CC(=O)O)cc1.Cc1ccc([C@H](C)CC(N)=O)cc1.N.O=C(Cl)C(=O)Cl.[Na+].[OH-]. The Bertz CT molecular complexity index is 4640. The molecule has 26 heteroatoms. The fraction of sp³-hybridized carbons (Fsp3) is 0.386. The van der Waals surface area contributed by atoms with Crippen LogP contribution in [0.1, 0.15) is 295 Å².